The molecule has 2 rings (SSSR count). The molecule has 1 atom stereocenters. The summed E-state index contributed by atoms with van der Waals surface area (Å²) >= 11 is 0. The van der Waals surface area contributed by atoms with Crippen LogP contribution in [0.25, 0.3) is 0 Å². The molecule has 13 heavy (non-hydrogen) atoms. The van der Waals surface area contributed by atoms with Crippen molar-refractivity contribution < 1.29 is 14.3 Å². The number of amides is 1. The van der Waals surface area contributed by atoms with Gasteiger partial charge in [0.25, 0.3) is 5.91 Å². The van der Waals surface area contributed by atoms with Crippen molar-refractivity contribution in [3.8, 4) is 0 Å². The maximum atomic E-state index is 12.7. The van der Waals surface area contributed by atoms with Crippen molar-refractivity contribution in [2.75, 3.05) is 11.9 Å². The molecule has 1 aliphatic heterocycles. The average molecular weight is 181 g/mol. The maximum Gasteiger partial charge on any atom is 0.260 e. The van der Waals surface area contributed by atoms with Gasteiger partial charge < -0.3 is 10.0 Å². The highest BCUT2D eigenvalue weighted by molar-refractivity contribution is 6.03. The first-order valence-corrected chi connectivity index (χ1v) is 3.86. The summed E-state index contributed by atoms with van der Waals surface area (Å²) in [6, 6.07) is 3.93. The fourth-order valence-electron chi connectivity index (χ4n) is 1.49. The van der Waals surface area contributed by atoms with Crippen LogP contribution in [0.4, 0.5) is 10.1 Å². The Morgan fingerprint density at radius 2 is 2.23 bits per heavy atom. The predicted molar refractivity (Wildman–Crippen MR) is 44.8 cm³/mol. The lowest BCUT2D eigenvalue weighted by Gasteiger charge is -2.08. The smallest absolute Gasteiger partial charge is 0.260 e. The van der Waals surface area contributed by atoms with E-state index in [0.29, 0.717) is 11.3 Å². The Bertz CT molecular complexity index is 378. The lowest BCUT2D eigenvalue weighted by molar-refractivity contribution is -0.125. The molecule has 1 aliphatic rings. The number of fused-ring (bicyclic) bond motifs is 1. The van der Waals surface area contributed by atoms with Crippen molar-refractivity contribution in [2.45, 2.75) is 6.10 Å². The Morgan fingerprint density at radius 1 is 1.54 bits per heavy atom. The van der Waals surface area contributed by atoms with Crippen LogP contribution < -0.4 is 4.90 Å². The first kappa shape index (κ1) is 8.19. The predicted octanol–water partition coefficient (Wildman–Crippen LogP) is 0.836. The van der Waals surface area contributed by atoms with Gasteiger partial charge in [0.1, 0.15) is 5.82 Å². The quantitative estimate of drug-likeness (QED) is 0.644. The van der Waals surface area contributed by atoms with E-state index in [9.17, 15) is 14.3 Å². The normalized spacial score (nSPS) is 20.7. The topological polar surface area (TPSA) is 40.5 Å². The molecule has 1 aromatic carbocycles. The minimum Gasteiger partial charge on any atom is -0.378 e. The summed E-state index contributed by atoms with van der Waals surface area (Å²) in [6.07, 6.45) is -1.21. The van der Waals surface area contributed by atoms with E-state index in [2.05, 4.69) is 0 Å². The van der Waals surface area contributed by atoms with E-state index in [1.807, 2.05) is 0 Å². The van der Waals surface area contributed by atoms with Gasteiger partial charge in [-0.25, -0.2) is 4.39 Å². The Hall–Kier alpha value is -1.42. The molecule has 1 amide bonds. The van der Waals surface area contributed by atoms with Crippen molar-refractivity contribution in [3.05, 3.63) is 29.6 Å². The molecular formula is C9H8FNO2. The van der Waals surface area contributed by atoms with E-state index in [0.717, 1.165) is 0 Å². The van der Waals surface area contributed by atoms with Gasteiger partial charge in [0.15, 0.2) is 6.10 Å². The van der Waals surface area contributed by atoms with Crippen molar-refractivity contribution >= 4 is 11.6 Å². The number of aliphatic hydroxyl groups is 1. The summed E-state index contributed by atoms with van der Waals surface area (Å²) in [5.41, 5.74) is 0.909. The molecule has 3 nitrogen and oxygen atoms in total. The second kappa shape index (κ2) is 2.53. The molecule has 68 valence electrons. The van der Waals surface area contributed by atoms with Gasteiger partial charge in [-0.15, -0.1) is 0 Å². The largest absolute Gasteiger partial charge is 0.378 e. The number of halogens is 1. The highest BCUT2D eigenvalue weighted by atomic mass is 19.1. The fourth-order valence-corrected chi connectivity index (χ4v) is 1.49. The van der Waals surface area contributed by atoms with Crippen molar-refractivity contribution in [2.24, 2.45) is 0 Å². The molecule has 0 saturated heterocycles. The Labute approximate surface area is 74.4 Å². The number of nitrogens with zero attached hydrogens (tertiary/aromatic N) is 1. The average Bonchev–Trinajstić information content (AvgIpc) is 2.32. The van der Waals surface area contributed by atoms with Crippen LogP contribution in [0.15, 0.2) is 18.2 Å². The van der Waals surface area contributed by atoms with Crippen LogP contribution in [0.5, 0.6) is 0 Å². The zero-order valence-electron chi connectivity index (χ0n) is 6.99. The number of carbonyl (C=O) groups excluding carboxylic acids is 1. The number of aliphatic hydroxyl groups excluding tert-OH is 1. The number of rotatable bonds is 0. The molecule has 4 heteroatoms. The van der Waals surface area contributed by atoms with Gasteiger partial charge in [0, 0.05) is 18.3 Å². The molecule has 1 aromatic rings. The third kappa shape index (κ3) is 1.02. The van der Waals surface area contributed by atoms with Gasteiger partial charge in [-0.2, -0.15) is 0 Å². The minimum absolute atomic E-state index is 0.340. The summed E-state index contributed by atoms with van der Waals surface area (Å²) in [5.74, 6) is -0.860. The SMILES string of the molecule is CN1C(=O)[C@H](O)c2cc(F)ccc21. The van der Waals surface area contributed by atoms with Gasteiger partial charge in [0.2, 0.25) is 0 Å². The molecule has 0 bridgehead atoms. The van der Waals surface area contributed by atoms with Gasteiger partial charge >= 0.3 is 0 Å². The standard InChI is InChI=1S/C9H8FNO2/c1-11-7-3-2-5(10)4-6(7)8(12)9(11)13/h2-4,8,12H,1H3/t8-/m1/s1. The highest BCUT2D eigenvalue weighted by Gasteiger charge is 2.33. The van der Waals surface area contributed by atoms with Crippen LogP contribution in [-0.2, 0) is 4.79 Å². The van der Waals surface area contributed by atoms with E-state index in [1.165, 1.54) is 23.1 Å². The molecule has 1 N–H and O–H groups in total. The molecule has 1 heterocycles. The van der Waals surface area contributed by atoms with Crippen LogP contribution in [0.2, 0.25) is 0 Å². The van der Waals surface area contributed by atoms with Gasteiger partial charge in [-0.1, -0.05) is 0 Å². The molecule has 0 spiro atoms. The van der Waals surface area contributed by atoms with Crippen molar-refractivity contribution in [1.29, 1.82) is 0 Å². The summed E-state index contributed by atoms with van der Waals surface area (Å²) in [7, 11) is 1.55. The van der Waals surface area contributed by atoms with Gasteiger partial charge in [0.05, 0.1) is 0 Å². The van der Waals surface area contributed by atoms with E-state index in [-0.39, 0.29) is 0 Å². The lowest BCUT2D eigenvalue weighted by Crippen LogP contribution is -2.23. The van der Waals surface area contributed by atoms with E-state index in [4.69, 9.17) is 0 Å². The number of anilines is 1. The van der Waals surface area contributed by atoms with Crippen LogP contribution >= 0.6 is 0 Å². The maximum absolute atomic E-state index is 12.7. The monoisotopic (exact) mass is 181 g/mol. The summed E-state index contributed by atoms with van der Waals surface area (Å²) in [4.78, 5) is 12.5. The molecule has 0 fully saturated rings. The molecule has 0 aromatic heterocycles. The zero-order chi connectivity index (χ0) is 9.59. The zero-order valence-corrected chi connectivity index (χ0v) is 6.99. The van der Waals surface area contributed by atoms with Crippen molar-refractivity contribution in [3.63, 3.8) is 0 Å². The highest BCUT2D eigenvalue weighted by Crippen LogP contribution is 2.34. The second-order valence-corrected chi connectivity index (χ2v) is 3.00. The molecule has 0 saturated carbocycles. The number of hydrogen-bond acceptors (Lipinski definition) is 2. The number of benzene rings is 1. The molecule has 0 aliphatic carbocycles. The van der Waals surface area contributed by atoms with E-state index < -0.39 is 17.8 Å². The fraction of sp³-hybridized carbons (Fsp3) is 0.222. The first-order chi connectivity index (χ1) is 6.11. The van der Waals surface area contributed by atoms with Crippen LogP contribution in [0.1, 0.15) is 11.7 Å². The summed E-state index contributed by atoms with van der Waals surface area (Å²) in [5, 5.41) is 9.39. The van der Waals surface area contributed by atoms with Gasteiger partial charge in [-0.05, 0) is 18.2 Å². The Morgan fingerprint density at radius 3 is 2.92 bits per heavy atom. The van der Waals surface area contributed by atoms with Crippen LogP contribution in [-0.4, -0.2) is 18.1 Å². The summed E-state index contributed by atoms with van der Waals surface area (Å²) < 4.78 is 12.7. The molecular weight excluding hydrogens is 173 g/mol. The Balaban J connectivity index is 2.60. The third-order valence-electron chi connectivity index (χ3n) is 2.21. The van der Waals surface area contributed by atoms with Crippen LogP contribution in [0.3, 0.4) is 0 Å². The Kier molecular flexibility index (Phi) is 1.60. The number of likely N-dealkylation sites (N-methyl/N-ethyl adjacent to an activating group) is 1. The molecule has 0 radical (unpaired) electrons. The second-order valence-electron chi connectivity index (χ2n) is 3.00. The number of hydrogen-bond donors (Lipinski definition) is 1. The summed E-state index contributed by atoms with van der Waals surface area (Å²) in [6.45, 7) is 0. The van der Waals surface area contributed by atoms with Crippen LogP contribution in [0, 0.1) is 5.82 Å². The van der Waals surface area contributed by atoms with E-state index >= 15 is 0 Å². The lowest BCUT2D eigenvalue weighted by atomic mass is 10.1. The van der Waals surface area contributed by atoms with E-state index in [1.54, 1.807) is 7.05 Å². The minimum atomic E-state index is -1.21. The third-order valence-corrected chi connectivity index (χ3v) is 2.21. The first-order valence-electron chi connectivity index (χ1n) is 3.86. The van der Waals surface area contributed by atoms with Gasteiger partial charge in [-0.3, -0.25) is 4.79 Å². The number of carbonyl (C=O) groups is 1. The van der Waals surface area contributed by atoms with Crippen molar-refractivity contribution in [1.82, 2.24) is 0 Å². The molecule has 0 unspecified atom stereocenters.